The Morgan fingerprint density at radius 1 is 1.18 bits per heavy atom. The molecule has 0 spiro atoms. The molecule has 7 nitrogen and oxygen atoms in total. The van der Waals surface area contributed by atoms with E-state index in [9.17, 15) is 8.42 Å². The number of aryl methyl sites for hydroxylation is 2. The summed E-state index contributed by atoms with van der Waals surface area (Å²) in [6, 6.07) is 12.6. The first kappa shape index (κ1) is 20.0. The minimum atomic E-state index is -3.71. The van der Waals surface area contributed by atoms with Crippen LogP contribution in [0.4, 0.5) is 0 Å². The van der Waals surface area contributed by atoms with Gasteiger partial charge in [-0.2, -0.15) is 9.29 Å². The summed E-state index contributed by atoms with van der Waals surface area (Å²) < 4.78 is 37.6. The Balaban J connectivity index is 1.81. The first-order valence-corrected chi connectivity index (χ1v) is 10.3. The summed E-state index contributed by atoms with van der Waals surface area (Å²) in [6.07, 6.45) is 0.666. The van der Waals surface area contributed by atoms with Crippen molar-refractivity contribution < 1.29 is 17.7 Å². The molecule has 0 saturated heterocycles. The molecule has 1 aromatic heterocycles. The molecule has 0 unspecified atom stereocenters. The van der Waals surface area contributed by atoms with E-state index in [0.29, 0.717) is 18.0 Å². The van der Waals surface area contributed by atoms with Crippen LogP contribution < -0.4 is 4.74 Å². The van der Waals surface area contributed by atoms with Gasteiger partial charge in [-0.05, 0) is 43.2 Å². The van der Waals surface area contributed by atoms with Crippen LogP contribution in [0.25, 0.3) is 11.4 Å². The van der Waals surface area contributed by atoms with E-state index < -0.39 is 10.0 Å². The van der Waals surface area contributed by atoms with Crippen molar-refractivity contribution in [3.63, 3.8) is 0 Å². The number of nitrogens with zero attached hydrogens (tertiary/aromatic N) is 3. The molecule has 0 aliphatic rings. The zero-order valence-electron chi connectivity index (χ0n) is 16.3. The molecule has 28 heavy (non-hydrogen) atoms. The maximum atomic E-state index is 12.9. The molecule has 0 bridgehead atoms. The summed E-state index contributed by atoms with van der Waals surface area (Å²) in [5, 5.41) is 3.96. The normalized spacial score (nSPS) is 11.8. The Kier molecular flexibility index (Phi) is 5.81. The zero-order chi connectivity index (χ0) is 20.3. The van der Waals surface area contributed by atoms with Gasteiger partial charge < -0.3 is 9.26 Å². The number of hydrogen-bond acceptors (Lipinski definition) is 6. The number of ether oxygens (including phenoxy) is 1. The molecule has 0 amide bonds. The summed E-state index contributed by atoms with van der Waals surface area (Å²) in [4.78, 5) is 4.53. The van der Waals surface area contributed by atoms with E-state index in [4.69, 9.17) is 9.26 Å². The van der Waals surface area contributed by atoms with Crippen molar-refractivity contribution in [1.29, 1.82) is 0 Å². The van der Waals surface area contributed by atoms with Gasteiger partial charge in [0.05, 0.1) is 18.6 Å². The lowest BCUT2D eigenvalue weighted by molar-refractivity contribution is 0.336. The fourth-order valence-corrected chi connectivity index (χ4v) is 4.04. The first-order valence-electron chi connectivity index (χ1n) is 8.88. The standard InChI is InChI=1S/C20H23N3O4S/c1-5-15-12-17(9-10-18(15)26-4)28(24,25)23(3)13-19-21-20(22-27-19)16-8-6-7-14(2)11-16/h6-12H,5,13H2,1-4H3. The van der Waals surface area contributed by atoms with E-state index in [0.717, 1.165) is 16.7 Å². The molecule has 0 aliphatic carbocycles. The van der Waals surface area contributed by atoms with E-state index in [1.54, 1.807) is 19.2 Å². The molecule has 0 fully saturated rings. The van der Waals surface area contributed by atoms with E-state index in [-0.39, 0.29) is 17.3 Å². The molecule has 0 aliphatic heterocycles. The van der Waals surface area contributed by atoms with Crippen LogP contribution in [0.5, 0.6) is 5.75 Å². The van der Waals surface area contributed by atoms with Crippen molar-refractivity contribution in [3.8, 4) is 17.1 Å². The summed E-state index contributed by atoms with van der Waals surface area (Å²) in [5.74, 6) is 1.33. The lowest BCUT2D eigenvalue weighted by Gasteiger charge is -2.16. The van der Waals surface area contributed by atoms with Crippen molar-refractivity contribution in [2.24, 2.45) is 0 Å². The summed E-state index contributed by atoms with van der Waals surface area (Å²) in [5.41, 5.74) is 2.73. The van der Waals surface area contributed by atoms with Crippen LogP contribution in [0.1, 0.15) is 23.9 Å². The number of aromatic nitrogens is 2. The number of methoxy groups -OCH3 is 1. The molecule has 0 N–H and O–H groups in total. The quantitative estimate of drug-likeness (QED) is 0.603. The second-order valence-corrected chi connectivity index (χ2v) is 8.51. The van der Waals surface area contributed by atoms with Gasteiger partial charge in [0.25, 0.3) is 0 Å². The second kappa shape index (κ2) is 8.12. The van der Waals surface area contributed by atoms with Gasteiger partial charge in [0, 0.05) is 12.6 Å². The van der Waals surface area contributed by atoms with E-state index in [1.807, 2.05) is 38.1 Å². The third-order valence-electron chi connectivity index (χ3n) is 4.44. The highest BCUT2D eigenvalue weighted by molar-refractivity contribution is 7.89. The topological polar surface area (TPSA) is 85.5 Å². The molecule has 1 heterocycles. The fourth-order valence-electron chi connectivity index (χ4n) is 2.87. The van der Waals surface area contributed by atoms with Crippen LogP contribution >= 0.6 is 0 Å². The van der Waals surface area contributed by atoms with Crippen molar-refractivity contribution in [2.75, 3.05) is 14.2 Å². The molecular weight excluding hydrogens is 378 g/mol. The van der Waals surface area contributed by atoms with Gasteiger partial charge in [-0.15, -0.1) is 0 Å². The number of rotatable bonds is 7. The minimum Gasteiger partial charge on any atom is -0.496 e. The van der Waals surface area contributed by atoms with E-state index >= 15 is 0 Å². The minimum absolute atomic E-state index is 0.0192. The van der Waals surface area contributed by atoms with Crippen LogP contribution in [0.2, 0.25) is 0 Å². The van der Waals surface area contributed by atoms with Gasteiger partial charge in [-0.3, -0.25) is 0 Å². The summed E-state index contributed by atoms with van der Waals surface area (Å²) >= 11 is 0. The average Bonchev–Trinajstić information content (AvgIpc) is 3.15. The highest BCUT2D eigenvalue weighted by Crippen LogP contribution is 2.25. The SMILES string of the molecule is CCc1cc(S(=O)(=O)N(C)Cc2nc(-c3cccc(C)c3)no2)ccc1OC. The van der Waals surface area contributed by atoms with Crippen LogP contribution in [0.3, 0.4) is 0 Å². The number of sulfonamides is 1. The zero-order valence-corrected chi connectivity index (χ0v) is 17.2. The van der Waals surface area contributed by atoms with Crippen molar-refractivity contribution in [1.82, 2.24) is 14.4 Å². The van der Waals surface area contributed by atoms with E-state index in [1.165, 1.54) is 17.4 Å². The average molecular weight is 401 g/mol. The first-order chi connectivity index (χ1) is 13.3. The Bertz CT molecular complexity index is 1080. The lowest BCUT2D eigenvalue weighted by atomic mass is 10.1. The number of benzene rings is 2. The van der Waals surface area contributed by atoms with Gasteiger partial charge in [-0.1, -0.05) is 35.8 Å². The second-order valence-electron chi connectivity index (χ2n) is 6.47. The Labute approximate surface area is 165 Å². The van der Waals surface area contributed by atoms with Crippen LogP contribution in [0, 0.1) is 6.92 Å². The van der Waals surface area contributed by atoms with Gasteiger partial charge >= 0.3 is 0 Å². The maximum Gasteiger partial charge on any atom is 0.243 e. The predicted molar refractivity (Wildman–Crippen MR) is 105 cm³/mol. The van der Waals surface area contributed by atoms with E-state index in [2.05, 4.69) is 10.1 Å². The smallest absolute Gasteiger partial charge is 0.243 e. The highest BCUT2D eigenvalue weighted by Gasteiger charge is 2.24. The fraction of sp³-hybridized carbons (Fsp3) is 0.300. The van der Waals surface area contributed by atoms with Crippen LogP contribution in [-0.2, 0) is 23.0 Å². The number of hydrogen-bond donors (Lipinski definition) is 0. The largest absolute Gasteiger partial charge is 0.496 e. The van der Waals surface area contributed by atoms with Gasteiger partial charge in [0.2, 0.25) is 21.7 Å². The third kappa shape index (κ3) is 4.07. The third-order valence-corrected chi connectivity index (χ3v) is 6.24. The Morgan fingerprint density at radius 2 is 1.96 bits per heavy atom. The molecule has 8 heteroatoms. The highest BCUT2D eigenvalue weighted by atomic mass is 32.2. The molecule has 0 atom stereocenters. The van der Waals surface area contributed by atoms with Crippen LogP contribution in [0.15, 0.2) is 51.9 Å². The molecule has 0 saturated carbocycles. The molecular formula is C20H23N3O4S. The van der Waals surface area contributed by atoms with Gasteiger partial charge in [-0.25, -0.2) is 8.42 Å². The Hall–Kier alpha value is -2.71. The monoisotopic (exact) mass is 401 g/mol. The molecule has 0 radical (unpaired) electrons. The van der Waals surface area contributed by atoms with Gasteiger partial charge in [0.1, 0.15) is 5.75 Å². The van der Waals surface area contributed by atoms with Crippen LogP contribution in [-0.4, -0.2) is 37.0 Å². The summed E-state index contributed by atoms with van der Waals surface area (Å²) in [6.45, 7) is 3.90. The van der Waals surface area contributed by atoms with Crippen molar-refractivity contribution in [3.05, 3.63) is 59.5 Å². The molecule has 3 aromatic rings. The maximum absolute atomic E-state index is 12.9. The van der Waals surface area contributed by atoms with Crippen molar-refractivity contribution >= 4 is 10.0 Å². The lowest BCUT2D eigenvalue weighted by Crippen LogP contribution is -2.26. The molecule has 148 valence electrons. The molecule has 2 aromatic carbocycles. The predicted octanol–water partition coefficient (Wildman–Crippen LogP) is 3.44. The van der Waals surface area contributed by atoms with Crippen molar-refractivity contribution in [2.45, 2.75) is 31.7 Å². The summed E-state index contributed by atoms with van der Waals surface area (Å²) in [7, 11) is -0.653. The Morgan fingerprint density at radius 3 is 2.64 bits per heavy atom. The molecule has 3 rings (SSSR count). The van der Waals surface area contributed by atoms with Gasteiger partial charge in [0.15, 0.2) is 0 Å².